The molecule has 0 radical (unpaired) electrons. The average molecular weight is 419 g/mol. The molecule has 1 saturated heterocycles. The Labute approximate surface area is 171 Å². The molecule has 2 aliphatic rings. The molecule has 4 rings (SSSR count). The first kappa shape index (κ1) is 19.6. The molecule has 1 amide bonds. The van der Waals surface area contributed by atoms with Crippen molar-refractivity contribution in [1.29, 1.82) is 0 Å². The first-order chi connectivity index (χ1) is 13.4. The van der Waals surface area contributed by atoms with Gasteiger partial charge in [-0.15, -0.1) is 11.3 Å². The third kappa shape index (κ3) is 3.51. The van der Waals surface area contributed by atoms with Crippen molar-refractivity contribution in [3.05, 3.63) is 51.7 Å². The number of thiophene rings is 1. The first-order valence-corrected chi connectivity index (χ1v) is 12.1. The summed E-state index contributed by atoms with van der Waals surface area (Å²) in [5.41, 5.74) is 2.30. The molecular weight excluding hydrogens is 392 g/mol. The van der Waals surface area contributed by atoms with E-state index in [0.717, 1.165) is 18.5 Å². The number of benzene rings is 1. The van der Waals surface area contributed by atoms with Gasteiger partial charge in [0.25, 0.3) is 0 Å². The predicted molar refractivity (Wildman–Crippen MR) is 111 cm³/mol. The van der Waals surface area contributed by atoms with Crippen LogP contribution in [0.15, 0.2) is 40.6 Å². The van der Waals surface area contributed by atoms with Crippen LogP contribution in [0.5, 0.6) is 0 Å². The maximum atomic E-state index is 13.1. The van der Waals surface area contributed by atoms with Crippen LogP contribution in [0.25, 0.3) is 0 Å². The molecule has 0 spiro atoms. The minimum Gasteiger partial charge on any atom is -0.335 e. The van der Waals surface area contributed by atoms with Gasteiger partial charge in [-0.05, 0) is 62.3 Å². The molecule has 2 aliphatic heterocycles. The molecule has 1 aromatic heterocycles. The molecule has 1 aromatic carbocycles. The highest BCUT2D eigenvalue weighted by Gasteiger charge is 2.36. The molecule has 0 N–H and O–H groups in total. The fourth-order valence-corrected chi connectivity index (χ4v) is 6.68. The van der Waals surface area contributed by atoms with Crippen molar-refractivity contribution in [2.45, 2.75) is 44.0 Å². The third-order valence-electron chi connectivity index (χ3n) is 6.02. The van der Waals surface area contributed by atoms with Gasteiger partial charge in [-0.2, -0.15) is 4.31 Å². The summed E-state index contributed by atoms with van der Waals surface area (Å²) < 4.78 is 27.3. The summed E-state index contributed by atoms with van der Waals surface area (Å²) in [6, 6.07) is 9.20. The smallest absolute Gasteiger partial charge is 0.243 e. The molecule has 2 aromatic rings. The summed E-state index contributed by atoms with van der Waals surface area (Å²) in [5, 5.41) is 2.10. The van der Waals surface area contributed by atoms with Crippen molar-refractivity contribution in [1.82, 2.24) is 9.21 Å². The van der Waals surface area contributed by atoms with E-state index in [0.29, 0.717) is 30.8 Å². The SMILES string of the molecule is Cc1ccc(S(=O)(=O)N2CCC(C(=O)N3CCc4sccc4[C@H]3C)CC2)cc1. The summed E-state index contributed by atoms with van der Waals surface area (Å²) >= 11 is 1.77. The number of carbonyl (C=O) groups excluding carboxylic acids is 1. The van der Waals surface area contributed by atoms with E-state index in [1.165, 1.54) is 14.7 Å². The van der Waals surface area contributed by atoms with E-state index in [9.17, 15) is 13.2 Å². The van der Waals surface area contributed by atoms with Crippen LogP contribution in [0, 0.1) is 12.8 Å². The lowest BCUT2D eigenvalue weighted by Crippen LogP contribution is -2.46. The normalized spacial score (nSPS) is 21.5. The van der Waals surface area contributed by atoms with Crippen LogP contribution in [-0.4, -0.2) is 43.2 Å². The topological polar surface area (TPSA) is 57.7 Å². The van der Waals surface area contributed by atoms with Crippen LogP contribution in [0.2, 0.25) is 0 Å². The van der Waals surface area contributed by atoms with E-state index in [4.69, 9.17) is 0 Å². The van der Waals surface area contributed by atoms with Crippen molar-refractivity contribution < 1.29 is 13.2 Å². The Hall–Kier alpha value is -1.70. The van der Waals surface area contributed by atoms with Crippen molar-refractivity contribution in [2.24, 2.45) is 5.92 Å². The molecule has 0 unspecified atom stereocenters. The van der Waals surface area contributed by atoms with Gasteiger partial charge in [-0.25, -0.2) is 8.42 Å². The van der Waals surface area contributed by atoms with Gasteiger partial charge in [0.2, 0.25) is 15.9 Å². The summed E-state index contributed by atoms with van der Waals surface area (Å²) in [7, 11) is -3.49. The number of amides is 1. The van der Waals surface area contributed by atoms with Gasteiger partial charge in [0.1, 0.15) is 0 Å². The largest absolute Gasteiger partial charge is 0.335 e. The van der Waals surface area contributed by atoms with Gasteiger partial charge in [0.15, 0.2) is 0 Å². The van der Waals surface area contributed by atoms with Gasteiger partial charge >= 0.3 is 0 Å². The zero-order valence-electron chi connectivity index (χ0n) is 16.3. The Balaban J connectivity index is 1.41. The summed E-state index contributed by atoms with van der Waals surface area (Å²) in [6.07, 6.45) is 2.09. The molecule has 7 heteroatoms. The van der Waals surface area contributed by atoms with E-state index in [1.807, 2.05) is 24.0 Å². The summed E-state index contributed by atoms with van der Waals surface area (Å²) in [4.78, 5) is 16.8. The van der Waals surface area contributed by atoms with Crippen LogP contribution in [0.3, 0.4) is 0 Å². The maximum absolute atomic E-state index is 13.1. The Bertz CT molecular complexity index is 958. The summed E-state index contributed by atoms with van der Waals surface area (Å²) in [6.45, 7) is 5.60. The second kappa shape index (κ2) is 7.61. The van der Waals surface area contributed by atoms with Crippen LogP contribution in [0.4, 0.5) is 0 Å². The number of hydrogen-bond donors (Lipinski definition) is 0. The number of hydrogen-bond acceptors (Lipinski definition) is 4. The van der Waals surface area contributed by atoms with Crippen LogP contribution < -0.4 is 0 Å². The van der Waals surface area contributed by atoms with Crippen molar-refractivity contribution in [3.8, 4) is 0 Å². The zero-order valence-corrected chi connectivity index (χ0v) is 17.9. The number of aryl methyl sites for hydroxylation is 1. The van der Waals surface area contributed by atoms with Crippen LogP contribution in [0.1, 0.15) is 41.8 Å². The van der Waals surface area contributed by atoms with Gasteiger partial charge < -0.3 is 4.90 Å². The highest BCUT2D eigenvalue weighted by atomic mass is 32.2. The minimum atomic E-state index is -3.49. The molecule has 0 saturated carbocycles. The van der Waals surface area contributed by atoms with Gasteiger partial charge in [0.05, 0.1) is 10.9 Å². The van der Waals surface area contributed by atoms with Gasteiger partial charge in [-0.3, -0.25) is 4.79 Å². The van der Waals surface area contributed by atoms with Gasteiger partial charge in [-0.1, -0.05) is 17.7 Å². The molecule has 0 bridgehead atoms. The lowest BCUT2D eigenvalue weighted by molar-refractivity contribution is -0.139. The monoisotopic (exact) mass is 418 g/mol. The highest BCUT2D eigenvalue weighted by molar-refractivity contribution is 7.89. The van der Waals surface area contributed by atoms with E-state index in [2.05, 4.69) is 18.4 Å². The fraction of sp³-hybridized carbons (Fsp3) is 0.476. The number of fused-ring (bicyclic) bond motifs is 1. The Morgan fingerprint density at radius 2 is 1.75 bits per heavy atom. The molecule has 150 valence electrons. The quantitative estimate of drug-likeness (QED) is 0.765. The third-order valence-corrected chi connectivity index (χ3v) is 8.93. The Kier molecular flexibility index (Phi) is 5.33. The van der Waals surface area contributed by atoms with Crippen molar-refractivity contribution in [3.63, 3.8) is 0 Å². The second-order valence-electron chi connectivity index (χ2n) is 7.75. The Morgan fingerprint density at radius 1 is 1.07 bits per heavy atom. The zero-order chi connectivity index (χ0) is 19.9. The number of piperidine rings is 1. The lowest BCUT2D eigenvalue weighted by atomic mass is 9.93. The standard InChI is InChI=1S/C21H26N2O3S2/c1-15-3-5-18(6-4-15)28(25,26)22-11-7-17(8-12-22)21(24)23-13-9-20-19(16(23)2)10-14-27-20/h3-6,10,14,16-17H,7-9,11-13H2,1-2H3/t16-/m1/s1. The fourth-order valence-electron chi connectivity index (χ4n) is 4.25. The number of sulfonamides is 1. The summed E-state index contributed by atoms with van der Waals surface area (Å²) in [5.74, 6) is 0.0869. The molecule has 1 fully saturated rings. The van der Waals surface area contributed by atoms with E-state index < -0.39 is 10.0 Å². The van der Waals surface area contributed by atoms with E-state index >= 15 is 0 Å². The van der Waals surface area contributed by atoms with Crippen LogP contribution >= 0.6 is 11.3 Å². The van der Waals surface area contributed by atoms with Gasteiger partial charge in [0, 0.05) is 30.4 Å². The molecule has 1 atom stereocenters. The van der Waals surface area contributed by atoms with Crippen molar-refractivity contribution >= 4 is 27.3 Å². The number of rotatable bonds is 3. The van der Waals surface area contributed by atoms with Crippen LogP contribution in [-0.2, 0) is 21.2 Å². The Morgan fingerprint density at radius 3 is 2.43 bits per heavy atom. The van der Waals surface area contributed by atoms with E-state index in [1.54, 1.807) is 23.5 Å². The predicted octanol–water partition coefficient (Wildman–Crippen LogP) is 3.60. The molecular formula is C21H26N2O3S2. The lowest BCUT2D eigenvalue weighted by Gasteiger charge is -2.38. The second-order valence-corrected chi connectivity index (χ2v) is 10.7. The van der Waals surface area contributed by atoms with E-state index in [-0.39, 0.29) is 17.9 Å². The molecule has 0 aliphatic carbocycles. The molecule has 5 nitrogen and oxygen atoms in total. The number of carbonyl (C=O) groups is 1. The molecule has 3 heterocycles. The average Bonchev–Trinajstić information content (AvgIpc) is 3.18. The highest BCUT2D eigenvalue weighted by Crippen LogP contribution is 2.35. The van der Waals surface area contributed by atoms with Crippen molar-refractivity contribution in [2.75, 3.05) is 19.6 Å². The first-order valence-electron chi connectivity index (χ1n) is 9.81. The maximum Gasteiger partial charge on any atom is 0.243 e. The minimum absolute atomic E-state index is 0.0906. The number of nitrogens with zero attached hydrogens (tertiary/aromatic N) is 2. The molecule has 28 heavy (non-hydrogen) atoms.